The number of rotatable bonds is 3. The standard InChI is InChI=1S/C16H27NO2/c1-15(2,17-9-3-4-10-17)14(18)13-6-11-19-16(12-13)7-5-8-16/h13H,3-12H2,1-2H3. The van der Waals surface area contributed by atoms with E-state index in [1.165, 1.54) is 32.1 Å². The first-order chi connectivity index (χ1) is 9.04. The van der Waals surface area contributed by atoms with Gasteiger partial charge in [-0.25, -0.2) is 0 Å². The highest BCUT2D eigenvalue weighted by molar-refractivity contribution is 5.89. The molecule has 2 aliphatic heterocycles. The molecule has 1 atom stereocenters. The normalized spacial score (nSPS) is 31.4. The van der Waals surface area contributed by atoms with E-state index in [9.17, 15) is 4.79 Å². The largest absolute Gasteiger partial charge is 0.375 e. The van der Waals surface area contributed by atoms with Crippen LogP contribution in [-0.4, -0.2) is 41.5 Å². The van der Waals surface area contributed by atoms with Gasteiger partial charge < -0.3 is 4.74 Å². The molecule has 3 aliphatic rings. The number of carbonyl (C=O) groups excluding carboxylic acids is 1. The molecule has 1 saturated carbocycles. The van der Waals surface area contributed by atoms with Crippen molar-refractivity contribution in [2.75, 3.05) is 19.7 Å². The van der Waals surface area contributed by atoms with Crippen LogP contribution in [0, 0.1) is 5.92 Å². The fraction of sp³-hybridized carbons (Fsp3) is 0.938. The molecule has 0 aromatic carbocycles. The van der Waals surface area contributed by atoms with Gasteiger partial charge in [0.05, 0.1) is 11.1 Å². The molecule has 2 heterocycles. The lowest BCUT2D eigenvalue weighted by molar-refractivity contribution is -0.161. The second-order valence-corrected chi connectivity index (χ2v) is 7.19. The SMILES string of the molecule is CC(C)(C(=O)C1CCOC2(CCC2)C1)N1CCCC1. The number of carbonyl (C=O) groups is 1. The number of Topliss-reactive ketones (excluding diaryl/α,β-unsaturated/α-hetero) is 1. The van der Waals surface area contributed by atoms with Crippen LogP contribution in [0.25, 0.3) is 0 Å². The summed E-state index contributed by atoms with van der Waals surface area (Å²) in [7, 11) is 0. The minimum atomic E-state index is -0.274. The number of hydrogen-bond acceptors (Lipinski definition) is 3. The van der Waals surface area contributed by atoms with Crippen LogP contribution in [0.2, 0.25) is 0 Å². The van der Waals surface area contributed by atoms with E-state index in [1.54, 1.807) is 0 Å². The first-order valence-corrected chi connectivity index (χ1v) is 7.97. The van der Waals surface area contributed by atoms with Crippen molar-refractivity contribution in [1.29, 1.82) is 0 Å². The molecule has 3 fully saturated rings. The number of likely N-dealkylation sites (tertiary alicyclic amines) is 1. The van der Waals surface area contributed by atoms with Crippen molar-refractivity contribution in [2.24, 2.45) is 5.92 Å². The van der Waals surface area contributed by atoms with Crippen molar-refractivity contribution in [3.05, 3.63) is 0 Å². The van der Waals surface area contributed by atoms with Crippen molar-refractivity contribution in [3.63, 3.8) is 0 Å². The summed E-state index contributed by atoms with van der Waals surface area (Å²) in [6.07, 6.45) is 8.00. The van der Waals surface area contributed by atoms with Crippen LogP contribution in [0.1, 0.15) is 58.8 Å². The molecular weight excluding hydrogens is 238 g/mol. The van der Waals surface area contributed by atoms with Gasteiger partial charge in [-0.3, -0.25) is 9.69 Å². The first-order valence-electron chi connectivity index (χ1n) is 7.97. The Balaban J connectivity index is 1.68. The highest BCUT2D eigenvalue weighted by Crippen LogP contribution is 2.45. The van der Waals surface area contributed by atoms with E-state index < -0.39 is 0 Å². The van der Waals surface area contributed by atoms with Crippen molar-refractivity contribution in [2.45, 2.75) is 69.9 Å². The van der Waals surface area contributed by atoms with Crippen LogP contribution in [0.5, 0.6) is 0 Å². The van der Waals surface area contributed by atoms with E-state index in [1.807, 2.05) is 0 Å². The first kappa shape index (κ1) is 13.6. The minimum absolute atomic E-state index is 0.0830. The van der Waals surface area contributed by atoms with Crippen molar-refractivity contribution >= 4 is 5.78 Å². The fourth-order valence-corrected chi connectivity index (χ4v) is 4.10. The van der Waals surface area contributed by atoms with Gasteiger partial charge in [0.25, 0.3) is 0 Å². The molecule has 1 spiro atoms. The lowest BCUT2D eigenvalue weighted by Crippen LogP contribution is -2.55. The maximum absolute atomic E-state index is 12.9. The summed E-state index contributed by atoms with van der Waals surface area (Å²) in [5, 5.41) is 0. The summed E-state index contributed by atoms with van der Waals surface area (Å²) in [6.45, 7) is 7.22. The smallest absolute Gasteiger partial charge is 0.155 e. The van der Waals surface area contributed by atoms with Gasteiger partial charge in [-0.05, 0) is 71.9 Å². The zero-order chi connectivity index (χ0) is 13.5. The highest BCUT2D eigenvalue weighted by atomic mass is 16.5. The molecule has 0 bridgehead atoms. The predicted octanol–water partition coefficient (Wildman–Crippen LogP) is 2.78. The molecular formula is C16H27NO2. The molecule has 1 aliphatic carbocycles. The zero-order valence-electron chi connectivity index (χ0n) is 12.4. The molecule has 3 rings (SSSR count). The van der Waals surface area contributed by atoms with Crippen LogP contribution < -0.4 is 0 Å². The lowest BCUT2D eigenvalue weighted by Gasteiger charge is -2.48. The predicted molar refractivity (Wildman–Crippen MR) is 75.2 cm³/mol. The second-order valence-electron chi connectivity index (χ2n) is 7.19. The van der Waals surface area contributed by atoms with Gasteiger partial charge in [0.15, 0.2) is 5.78 Å². The van der Waals surface area contributed by atoms with E-state index in [4.69, 9.17) is 4.74 Å². The Hall–Kier alpha value is -0.410. The van der Waals surface area contributed by atoms with Crippen LogP contribution >= 0.6 is 0 Å². The fourth-order valence-electron chi connectivity index (χ4n) is 4.10. The summed E-state index contributed by atoms with van der Waals surface area (Å²) >= 11 is 0. The molecule has 0 aromatic heterocycles. The molecule has 0 amide bonds. The van der Waals surface area contributed by atoms with Gasteiger partial charge in [-0.2, -0.15) is 0 Å². The summed E-state index contributed by atoms with van der Waals surface area (Å²) in [4.78, 5) is 15.3. The van der Waals surface area contributed by atoms with E-state index in [0.29, 0.717) is 5.78 Å². The number of ketones is 1. The molecule has 19 heavy (non-hydrogen) atoms. The van der Waals surface area contributed by atoms with E-state index in [-0.39, 0.29) is 17.1 Å². The van der Waals surface area contributed by atoms with Gasteiger partial charge in [-0.15, -0.1) is 0 Å². The molecule has 3 nitrogen and oxygen atoms in total. The van der Waals surface area contributed by atoms with Gasteiger partial charge >= 0.3 is 0 Å². The Bertz CT molecular complexity index is 354. The average molecular weight is 265 g/mol. The topological polar surface area (TPSA) is 29.5 Å². The van der Waals surface area contributed by atoms with Crippen LogP contribution in [0.15, 0.2) is 0 Å². The van der Waals surface area contributed by atoms with Gasteiger partial charge in [0.2, 0.25) is 0 Å². The summed E-state index contributed by atoms with van der Waals surface area (Å²) in [6, 6.07) is 0. The number of nitrogens with zero attached hydrogens (tertiary/aromatic N) is 1. The van der Waals surface area contributed by atoms with Crippen molar-refractivity contribution in [1.82, 2.24) is 4.90 Å². The maximum Gasteiger partial charge on any atom is 0.155 e. The third-order valence-electron chi connectivity index (χ3n) is 5.63. The van der Waals surface area contributed by atoms with Gasteiger partial charge in [0.1, 0.15) is 0 Å². The molecule has 0 radical (unpaired) electrons. The number of ether oxygens (including phenoxy) is 1. The van der Waals surface area contributed by atoms with Crippen LogP contribution in [-0.2, 0) is 9.53 Å². The van der Waals surface area contributed by atoms with E-state index in [0.717, 1.165) is 32.5 Å². The second kappa shape index (κ2) is 4.85. The average Bonchev–Trinajstić information content (AvgIpc) is 2.90. The van der Waals surface area contributed by atoms with Crippen molar-refractivity contribution in [3.8, 4) is 0 Å². The summed E-state index contributed by atoms with van der Waals surface area (Å²) < 4.78 is 5.95. The van der Waals surface area contributed by atoms with Crippen LogP contribution in [0.3, 0.4) is 0 Å². The maximum atomic E-state index is 12.9. The summed E-state index contributed by atoms with van der Waals surface area (Å²) in [5.74, 6) is 0.689. The highest BCUT2D eigenvalue weighted by Gasteiger charge is 2.47. The Labute approximate surface area is 116 Å². The van der Waals surface area contributed by atoms with E-state index >= 15 is 0 Å². The minimum Gasteiger partial charge on any atom is -0.375 e. The molecule has 3 heteroatoms. The third-order valence-corrected chi connectivity index (χ3v) is 5.63. The summed E-state index contributed by atoms with van der Waals surface area (Å²) in [5.41, 5.74) is -0.191. The lowest BCUT2D eigenvalue weighted by atomic mass is 9.69. The van der Waals surface area contributed by atoms with Crippen LogP contribution in [0.4, 0.5) is 0 Å². The number of hydrogen-bond donors (Lipinski definition) is 0. The third kappa shape index (κ3) is 2.36. The Kier molecular flexibility index (Phi) is 3.46. The quantitative estimate of drug-likeness (QED) is 0.786. The zero-order valence-corrected chi connectivity index (χ0v) is 12.4. The monoisotopic (exact) mass is 265 g/mol. The molecule has 108 valence electrons. The van der Waals surface area contributed by atoms with Gasteiger partial charge in [-0.1, -0.05) is 0 Å². The molecule has 0 aromatic rings. The van der Waals surface area contributed by atoms with E-state index in [2.05, 4.69) is 18.7 Å². The van der Waals surface area contributed by atoms with Gasteiger partial charge in [0, 0.05) is 12.5 Å². The molecule has 0 N–H and O–H groups in total. The molecule has 1 unspecified atom stereocenters. The molecule has 2 saturated heterocycles. The van der Waals surface area contributed by atoms with Crippen molar-refractivity contribution < 1.29 is 9.53 Å². The Morgan fingerprint density at radius 3 is 2.47 bits per heavy atom. The Morgan fingerprint density at radius 2 is 1.89 bits per heavy atom. The Morgan fingerprint density at radius 1 is 1.21 bits per heavy atom.